The Balaban J connectivity index is 1.16. The number of anilines is 8. The maximum absolute atomic E-state index is 2.68. The van der Waals surface area contributed by atoms with Gasteiger partial charge in [0.05, 0.1) is 0 Å². The molecule has 3 nitrogen and oxygen atoms in total. The molecule has 2 heterocycles. The van der Waals surface area contributed by atoms with E-state index in [0.29, 0.717) is 0 Å². The van der Waals surface area contributed by atoms with Crippen LogP contribution in [0.15, 0.2) is 231 Å². The topological polar surface area (TPSA) is 9.72 Å². The smallest absolute Gasteiger partial charge is 0.333 e. The zero-order chi connectivity index (χ0) is 48.9. The highest BCUT2D eigenvalue weighted by molar-refractivity contribution is 6.93. The minimum atomic E-state index is -0.311. The maximum atomic E-state index is 2.68. The average Bonchev–Trinajstić information content (AvgIpc) is 3.66. The highest BCUT2D eigenvalue weighted by atomic mass is 15.2. The number of rotatable bonds is 7. The lowest BCUT2D eigenvalue weighted by Gasteiger charge is -2.48. The van der Waals surface area contributed by atoms with Crippen molar-refractivity contribution < 1.29 is 0 Å². The Labute approximate surface area is 425 Å². The fraction of sp³-hybridized carbons (Fsp3) is 0.118. The van der Waals surface area contributed by atoms with Crippen LogP contribution in [0.2, 0.25) is 0 Å². The molecule has 3 aliphatic rings. The second kappa shape index (κ2) is 16.6. The Bertz CT molecular complexity index is 3670. The van der Waals surface area contributed by atoms with Crippen molar-refractivity contribution in [1.82, 2.24) is 0 Å². The molecular formula is C68H56BN3. The minimum Gasteiger partial charge on any atom is -0.376 e. The lowest BCUT2D eigenvalue weighted by atomic mass is 9.42. The first kappa shape index (κ1) is 43.7. The highest BCUT2D eigenvalue weighted by Gasteiger charge is 2.50. The van der Waals surface area contributed by atoms with E-state index in [1.807, 2.05) is 0 Å². The Morgan fingerprint density at radius 3 is 1.65 bits per heavy atom. The zero-order valence-electron chi connectivity index (χ0n) is 41.9. The van der Waals surface area contributed by atoms with Gasteiger partial charge in [-0.25, -0.2) is 0 Å². The van der Waals surface area contributed by atoms with Crippen LogP contribution < -0.4 is 25.5 Å². The van der Waals surface area contributed by atoms with Crippen LogP contribution in [0.4, 0.5) is 45.5 Å². The number of aryl methyl sites for hydroxylation is 1. The second-order valence-electron chi connectivity index (χ2n) is 21.4. The summed E-state index contributed by atoms with van der Waals surface area (Å²) in [5.74, 6) is 0. The third-order valence-corrected chi connectivity index (χ3v) is 15.7. The summed E-state index contributed by atoms with van der Waals surface area (Å²) < 4.78 is 0. The molecule has 2 aliphatic heterocycles. The number of hydrogen-bond donors (Lipinski definition) is 0. The fourth-order valence-corrected chi connectivity index (χ4v) is 12.2. The van der Waals surface area contributed by atoms with Gasteiger partial charge in [-0.1, -0.05) is 192 Å². The minimum absolute atomic E-state index is 0.00315. The van der Waals surface area contributed by atoms with E-state index >= 15 is 0 Å². The molecule has 4 heteroatoms. The standard InChI is InChI=1S/C68H56BN3/c1-45-41-50(67(2,3)4)34-39-61(45)71-63-42-49(47-23-13-8-14-24-47)33-38-60(63)69-65-58(44-57-55-29-19-20-30-59(55)68(5,6)64(57)66(65)71)56-43-54(70(51-25-15-9-16-26-51)52-27-17-10-18-28-52)37-40-62(56)72(69)53-35-31-48(32-36-53)46-21-11-7-12-22-46/h7-44H,1-6H3. The average molecular weight is 926 g/mol. The predicted molar refractivity (Wildman–Crippen MR) is 307 cm³/mol. The molecule has 0 radical (unpaired) electrons. The molecule has 0 saturated carbocycles. The van der Waals surface area contributed by atoms with Crippen molar-refractivity contribution in [2.45, 2.75) is 52.4 Å². The molecule has 0 spiro atoms. The van der Waals surface area contributed by atoms with Crippen LogP contribution in [0.3, 0.4) is 0 Å². The van der Waals surface area contributed by atoms with Crippen LogP contribution in [0.1, 0.15) is 56.9 Å². The van der Waals surface area contributed by atoms with Crippen molar-refractivity contribution in [2.24, 2.45) is 0 Å². The van der Waals surface area contributed by atoms with Crippen LogP contribution in [0.5, 0.6) is 0 Å². The molecule has 10 aromatic rings. The van der Waals surface area contributed by atoms with Crippen molar-refractivity contribution in [2.75, 3.05) is 14.6 Å². The van der Waals surface area contributed by atoms with Gasteiger partial charge in [-0.05, 0) is 157 Å². The number of fused-ring (bicyclic) bond motifs is 8. The Kier molecular flexibility index (Phi) is 10.1. The normalized spacial score (nSPS) is 13.7. The molecule has 13 rings (SSSR count). The zero-order valence-corrected chi connectivity index (χ0v) is 41.9. The SMILES string of the molecule is Cc1cc(C(C)(C)C)ccc1N1c2cc(-c3ccccc3)ccc2B2c3c(cc4c(c31)C(C)(C)c1ccccc1-4)-c1cc(N(c3ccccc3)c3ccccc3)ccc1N2c1ccc(-c2ccccc2)cc1. The van der Waals surface area contributed by atoms with E-state index in [9.17, 15) is 0 Å². The molecular weight excluding hydrogens is 870 g/mol. The summed E-state index contributed by atoms with van der Waals surface area (Å²) in [7, 11) is 0. The van der Waals surface area contributed by atoms with Crippen molar-refractivity contribution in [1.29, 1.82) is 0 Å². The van der Waals surface area contributed by atoms with E-state index in [4.69, 9.17) is 0 Å². The van der Waals surface area contributed by atoms with Crippen molar-refractivity contribution in [3.05, 3.63) is 253 Å². The van der Waals surface area contributed by atoms with Gasteiger partial charge in [-0.3, -0.25) is 0 Å². The molecule has 0 N–H and O–H groups in total. The summed E-state index contributed by atoms with van der Waals surface area (Å²) in [4.78, 5) is 7.73. The fourth-order valence-electron chi connectivity index (χ4n) is 12.2. The van der Waals surface area contributed by atoms with Gasteiger partial charge >= 0.3 is 6.85 Å². The monoisotopic (exact) mass is 925 g/mol. The summed E-state index contributed by atoms with van der Waals surface area (Å²) in [6.07, 6.45) is 0. The quantitative estimate of drug-likeness (QED) is 0.148. The molecule has 1 aliphatic carbocycles. The third kappa shape index (κ3) is 6.88. The number of hydrogen-bond acceptors (Lipinski definition) is 3. The van der Waals surface area contributed by atoms with Gasteiger partial charge in [-0.15, -0.1) is 0 Å². The van der Waals surface area contributed by atoms with E-state index in [2.05, 4.69) is 287 Å². The van der Waals surface area contributed by atoms with Crippen molar-refractivity contribution in [3.8, 4) is 44.5 Å². The van der Waals surface area contributed by atoms with Crippen LogP contribution in [-0.2, 0) is 10.8 Å². The summed E-state index contributed by atoms with van der Waals surface area (Å²) >= 11 is 0. The molecule has 0 atom stereocenters. The van der Waals surface area contributed by atoms with Gasteiger partial charge < -0.3 is 14.6 Å². The van der Waals surface area contributed by atoms with Crippen molar-refractivity contribution >= 4 is 63.3 Å². The summed E-state index contributed by atoms with van der Waals surface area (Å²) in [6.45, 7) is 14.0. The number of nitrogens with zero attached hydrogens (tertiary/aromatic N) is 3. The van der Waals surface area contributed by atoms with Gasteiger partial charge in [0.2, 0.25) is 0 Å². The highest BCUT2D eigenvalue weighted by Crippen LogP contribution is 2.58. The predicted octanol–water partition coefficient (Wildman–Crippen LogP) is 17.1. The van der Waals surface area contributed by atoms with E-state index in [-0.39, 0.29) is 17.7 Å². The van der Waals surface area contributed by atoms with Crippen LogP contribution in [-0.4, -0.2) is 6.85 Å². The van der Waals surface area contributed by atoms with Crippen LogP contribution in [0.25, 0.3) is 44.5 Å². The van der Waals surface area contributed by atoms with Gasteiger partial charge in [-0.2, -0.15) is 0 Å². The Morgan fingerprint density at radius 2 is 1.01 bits per heavy atom. The number of para-hydroxylation sites is 2. The number of benzene rings is 10. The first-order chi connectivity index (χ1) is 35.0. The molecule has 0 aromatic heterocycles. The van der Waals surface area contributed by atoms with E-state index in [1.54, 1.807) is 0 Å². The van der Waals surface area contributed by atoms with Gasteiger partial charge in [0.25, 0.3) is 0 Å². The molecule has 10 aromatic carbocycles. The molecule has 0 unspecified atom stereocenters. The summed E-state index contributed by atoms with van der Waals surface area (Å²) in [5.41, 5.74) is 26.8. The third-order valence-electron chi connectivity index (χ3n) is 15.7. The summed E-state index contributed by atoms with van der Waals surface area (Å²) in [6, 6.07) is 85.9. The second-order valence-corrected chi connectivity index (χ2v) is 21.4. The largest absolute Gasteiger partial charge is 0.376 e. The molecule has 0 saturated heterocycles. The molecule has 0 amide bonds. The molecule has 72 heavy (non-hydrogen) atoms. The Morgan fingerprint density at radius 1 is 0.444 bits per heavy atom. The van der Waals surface area contributed by atoms with Gasteiger partial charge in [0.15, 0.2) is 0 Å². The van der Waals surface area contributed by atoms with E-state index in [0.717, 1.165) is 22.7 Å². The lowest BCUT2D eigenvalue weighted by molar-refractivity contribution is 0.590. The maximum Gasteiger partial charge on any atom is 0.333 e. The summed E-state index contributed by atoms with van der Waals surface area (Å²) in [5, 5.41) is 0. The van der Waals surface area contributed by atoms with Crippen molar-refractivity contribution in [3.63, 3.8) is 0 Å². The van der Waals surface area contributed by atoms with Crippen LogP contribution in [0, 0.1) is 6.92 Å². The van der Waals surface area contributed by atoms with Gasteiger partial charge in [0, 0.05) is 56.5 Å². The molecule has 0 fully saturated rings. The first-order valence-electron chi connectivity index (χ1n) is 25.5. The molecule has 346 valence electrons. The Hall–Kier alpha value is -8.34. The first-order valence-corrected chi connectivity index (χ1v) is 25.5. The van der Waals surface area contributed by atoms with E-state index in [1.165, 1.54) is 100 Å². The van der Waals surface area contributed by atoms with Crippen LogP contribution >= 0.6 is 0 Å². The lowest BCUT2D eigenvalue weighted by Crippen LogP contribution is -2.62. The van der Waals surface area contributed by atoms with Gasteiger partial charge in [0.1, 0.15) is 0 Å². The van der Waals surface area contributed by atoms with E-state index < -0.39 is 0 Å². The molecule has 0 bridgehead atoms.